The minimum absolute atomic E-state index is 0.311. The van der Waals surface area contributed by atoms with Gasteiger partial charge in [-0.05, 0) is 31.0 Å². The van der Waals surface area contributed by atoms with E-state index >= 15 is 0 Å². The number of hydrogen-bond donors (Lipinski definition) is 1. The van der Waals surface area contributed by atoms with Gasteiger partial charge in [0, 0.05) is 24.6 Å². The third kappa shape index (κ3) is 1.94. The Morgan fingerprint density at radius 2 is 1.92 bits per heavy atom. The Hall–Kier alpha value is -2.83. The van der Waals surface area contributed by atoms with E-state index in [4.69, 9.17) is 0 Å². The van der Waals surface area contributed by atoms with Crippen LogP contribution < -0.4 is 10.2 Å². The summed E-state index contributed by atoms with van der Waals surface area (Å²) in [6, 6.07) is 7.37. The van der Waals surface area contributed by atoms with Crippen molar-refractivity contribution < 1.29 is 9.59 Å². The number of aliphatic imine (C=N–C) groups is 1. The fraction of sp³-hybridized carbons (Fsp3) is 0.353. The Morgan fingerprint density at radius 3 is 2.58 bits per heavy atom. The molecule has 4 rings (SSSR count). The standard InChI is InChI=1S/C17H19N5O2/c1-4-11-5-7-12(8-6-11)22-10(2)9-21-13-14(18-16(21)22)20(3)17(24)19-15(13)23/h5-9,13-14H,4H2,1-3H3,(H,19,23,24). The third-order valence-electron chi connectivity index (χ3n) is 4.76. The van der Waals surface area contributed by atoms with Gasteiger partial charge in [0.2, 0.25) is 5.96 Å². The van der Waals surface area contributed by atoms with Gasteiger partial charge in [0.15, 0.2) is 12.2 Å². The maximum absolute atomic E-state index is 12.3. The van der Waals surface area contributed by atoms with Crippen LogP contribution >= 0.6 is 0 Å². The van der Waals surface area contributed by atoms with E-state index in [1.807, 2.05) is 22.9 Å². The highest BCUT2D eigenvalue weighted by molar-refractivity contribution is 6.09. The molecule has 1 aromatic carbocycles. The van der Waals surface area contributed by atoms with Crippen molar-refractivity contribution >= 4 is 23.6 Å². The van der Waals surface area contributed by atoms with Crippen LogP contribution in [0.1, 0.15) is 19.4 Å². The van der Waals surface area contributed by atoms with Crippen molar-refractivity contribution in [3.05, 3.63) is 41.7 Å². The number of fused-ring (bicyclic) bond motifs is 3. The predicted octanol–water partition coefficient (Wildman–Crippen LogP) is 1.48. The molecule has 0 radical (unpaired) electrons. The zero-order chi connectivity index (χ0) is 17.0. The summed E-state index contributed by atoms with van der Waals surface area (Å²) in [4.78, 5) is 34.1. The van der Waals surface area contributed by atoms with Gasteiger partial charge in [-0.2, -0.15) is 0 Å². The highest BCUT2D eigenvalue weighted by atomic mass is 16.2. The number of guanidine groups is 1. The highest BCUT2D eigenvalue weighted by Crippen LogP contribution is 2.34. The average molecular weight is 325 g/mol. The minimum atomic E-state index is -0.516. The molecule has 7 heteroatoms. The van der Waals surface area contributed by atoms with Crippen molar-refractivity contribution in [2.75, 3.05) is 11.9 Å². The van der Waals surface area contributed by atoms with E-state index in [2.05, 4.69) is 41.5 Å². The molecule has 1 saturated heterocycles. The molecule has 0 saturated carbocycles. The Labute approximate surface area is 140 Å². The number of carbonyl (C=O) groups is 2. The van der Waals surface area contributed by atoms with Crippen LogP contribution in [0, 0.1) is 0 Å². The number of nitrogens with one attached hydrogen (secondary N) is 1. The molecule has 3 heterocycles. The minimum Gasteiger partial charge on any atom is -0.303 e. The van der Waals surface area contributed by atoms with Crippen LogP contribution in [0.15, 0.2) is 41.2 Å². The maximum Gasteiger partial charge on any atom is 0.325 e. The molecule has 3 aliphatic rings. The number of rotatable bonds is 2. The fourth-order valence-electron chi connectivity index (χ4n) is 3.40. The third-order valence-corrected chi connectivity index (χ3v) is 4.76. The lowest BCUT2D eigenvalue weighted by atomic mass is 10.1. The van der Waals surface area contributed by atoms with Gasteiger partial charge < -0.3 is 9.80 Å². The molecular weight excluding hydrogens is 306 g/mol. The monoisotopic (exact) mass is 325 g/mol. The lowest BCUT2D eigenvalue weighted by molar-refractivity contribution is -0.126. The quantitative estimate of drug-likeness (QED) is 0.894. The molecular formula is C17H19N5O2. The summed E-state index contributed by atoms with van der Waals surface area (Å²) >= 11 is 0. The molecule has 1 aromatic rings. The van der Waals surface area contributed by atoms with E-state index in [1.165, 1.54) is 10.5 Å². The number of anilines is 1. The molecule has 124 valence electrons. The predicted molar refractivity (Wildman–Crippen MR) is 90.2 cm³/mol. The molecule has 7 nitrogen and oxygen atoms in total. The number of hydrogen-bond acceptors (Lipinski definition) is 5. The number of aryl methyl sites for hydroxylation is 1. The maximum atomic E-state index is 12.3. The first-order valence-corrected chi connectivity index (χ1v) is 8.02. The molecule has 1 N–H and O–H groups in total. The summed E-state index contributed by atoms with van der Waals surface area (Å²) in [5.74, 6) is 0.373. The largest absolute Gasteiger partial charge is 0.325 e. The van der Waals surface area contributed by atoms with E-state index in [9.17, 15) is 9.59 Å². The van der Waals surface area contributed by atoms with E-state index in [1.54, 1.807) is 7.05 Å². The molecule has 2 unspecified atom stereocenters. The fourth-order valence-corrected chi connectivity index (χ4v) is 3.40. The topological polar surface area (TPSA) is 68.2 Å². The second kappa shape index (κ2) is 5.09. The Morgan fingerprint density at radius 1 is 1.21 bits per heavy atom. The van der Waals surface area contributed by atoms with Crippen LogP contribution in [-0.2, 0) is 11.2 Å². The molecule has 0 aliphatic carbocycles. The summed E-state index contributed by atoms with van der Waals surface area (Å²) in [5.41, 5.74) is 3.25. The van der Waals surface area contributed by atoms with Gasteiger partial charge in [0.1, 0.15) is 0 Å². The van der Waals surface area contributed by atoms with Gasteiger partial charge >= 0.3 is 6.03 Å². The lowest BCUT2D eigenvalue weighted by Gasteiger charge is -2.34. The molecule has 1 fully saturated rings. The number of nitrogens with zero attached hydrogens (tertiary/aromatic N) is 4. The molecule has 3 amide bonds. The molecule has 3 aliphatic heterocycles. The van der Waals surface area contributed by atoms with Gasteiger partial charge in [-0.1, -0.05) is 19.1 Å². The van der Waals surface area contributed by atoms with Gasteiger partial charge in [0.25, 0.3) is 5.91 Å². The van der Waals surface area contributed by atoms with Crippen molar-refractivity contribution in [2.24, 2.45) is 4.99 Å². The number of imide groups is 1. The summed E-state index contributed by atoms with van der Waals surface area (Å²) < 4.78 is 0. The van der Waals surface area contributed by atoms with E-state index < -0.39 is 18.2 Å². The van der Waals surface area contributed by atoms with E-state index in [0.717, 1.165) is 17.8 Å². The number of likely N-dealkylation sites (N-methyl/N-ethyl adjacent to an activating group) is 1. The Balaban J connectivity index is 1.72. The van der Waals surface area contributed by atoms with Gasteiger partial charge in [-0.15, -0.1) is 0 Å². The summed E-state index contributed by atoms with van der Waals surface area (Å²) in [6.45, 7) is 4.11. The number of benzene rings is 1. The zero-order valence-corrected chi connectivity index (χ0v) is 13.9. The summed E-state index contributed by atoms with van der Waals surface area (Å²) in [5, 5.41) is 2.38. The SMILES string of the molecule is CCc1ccc(N2C(C)=CN3C2=NC2C3C(=O)NC(=O)N2C)cc1. The summed E-state index contributed by atoms with van der Waals surface area (Å²) in [6.07, 6.45) is 2.41. The first kappa shape index (κ1) is 14.7. The van der Waals surface area contributed by atoms with Crippen LogP contribution in [0.2, 0.25) is 0 Å². The van der Waals surface area contributed by atoms with Crippen LogP contribution in [0.4, 0.5) is 10.5 Å². The molecule has 0 bridgehead atoms. The van der Waals surface area contributed by atoms with Gasteiger partial charge in [-0.25, -0.2) is 9.79 Å². The molecule has 24 heavy (non-hydrogen) atoms. The van der Waals surface area contributed by atoms with Crippen molar-refractivity contribution in [1.82, 2.24) is 15.1 Å². The molecule has 0 spiro atoms. The van der Waals surface area contributed by atoms with E-state index in [-0.39, 0.29) is 5.91 Å². The average Bonchev–Trinajstić information content (AvgIpc) is 3.07. The van der Waals surface area contributed by atoms with Crippen LogP contribution in [0.3, 0.4) is 0 Å². The first-order chi connectivity index (χ1) is 11.5. The van der Waals surface area contributed by atoms with Gasteiger partial charge in [-0.3, -0.25) is 15.0 Å². The highest BCUT2D eigenvalue weighted by Gasteiger charge is 2.51. The van der Waals surface area contributed by atoms with Crippen LogP contribution in [-0.4, -0.2) is 47.0 Å². The number of amides is 3. The first-order valence-electron chi connectivity index (χ1n) is 8.02. The van der Waals surface area contributed by atoms with Crippen molar-refractivity contribution in [3.8, 4) is 0 Å². The van der Waals surface area contributed by atoms with Gasteiger partial charge in [0.05, 0.1) is 0 Å². The van der Waals surface area contributed by atoms with Crippen molar-refractivity contribution in [3.63, 3.8) is 0 Å². The lowest BCUT2D eigenvalue weighted by Crippen LogP contribution is -2.62. The van der Waals surface area contributed by atoms with Crippen molar-refractivity contribution in [1.29, 1.82) is 0 Å². The number of allylic oxidation sites excluding steroid dienone is 1. The normalized spacial score (nSPS) is 25.4. The Bertz CT molecular complexity index is 783. The smallest absolute Gasteiger partial charge is 0.303 e. The second-order valence-corrected chi connectivity index (χ2v) is 6.23. The zero-order valence-electron chi connectivity index (χ0n) is 13.9. The summed E-state index contributed by atoms with van der Waals surface area (Å²) in [7, 11) is 1.66. The van der Waals surface area contributed by atoms with E-state index in [0.29, 0.717) is 5.96 Å². The number of carbonyl (C=O) groups excluding carboxylic acids is 2. The number of urea groups is 1. The van der Waals surface area contributed by atoms with Crippen LogP contribution in [0.25, 0.3) is 0 Å². The van der Waals surface area contributed by atoms with Crippen LogP contribution in [0.5, 0.6) is 0 Å². The Kier molecular flexibility index (Phi) is 3.13. The van der Waals surface area contributed by atoms with Crippen molar-refractivity contribution in [2.45, 2.75) is 32.5 Å². The second-order valence-electron chi connectivity index (χ2n) is 6.23. The molecule has 0 aromatic heterocycles. The molecule has 2 atom stereocenters.